The third kappa shape index (κ3) is 10.8. The Hall–Kier alpha value is -1.56. The van der Waals surface area contributed by atoms with E-state index in [0.29, 0.717) is 0 Å². The fourth-order valence-electron chi connectivity index (χ4n) is 1.46. The van der Waals surface area contributed by atoms with Crippen LogP contribution in [-0.4, -0.2) is 0 Å². The summed E-state index contributed by atoms with van der Waals surface area (Å²) >= 11 is 0. The van der Waals surface area contributed by atoms with Gasteiger partial charge in [0.15, 0.2) is 0 Å². The predicted octanol–water partition coefficient (Wildman–Crippen LogP) is 6.67. The fourth-order valence-corrected chi connectivity index (χ4v) is 1.46. The summed E-state index contributed by atoms with van der Waals surface area (Å²) in [7, 11) is 0. The first-order chi connectivity index (χ1) is 10.0. The number of hydrogen-bond donors (Lipinski definition) is 0. The van der Waals surface area contributed by atoms with E-state index >= 15 is 0 Å². The average Bonchev–Trinajstić information content (AvgIpc) is 2.52. The maximum absolute atomic E-state index is 2.18. The molecule has 0 aliphatic rings. The molecule has 0 heterocycles. The Balaban J connectivity index is 0.000000308. The van der Waals surface area contributed by atoms with E-state index in [9.17, 15) is 0 Å². The van der Waals surface area contributed by atoms with Gasteiger partial charge in [-0.1, -0.05) is 98.8 Å². The van der Waals surface area contributed by atoms with Crippen LogP contribution in [0.15, 0.2) is 48.5 Å². The van der Waals surface area contributed by atoms with Crippen LogP contribution in [0.4, 0.5) is 0 Å². The van der Waals surface area contributed by atoms with E-state index in [0.717, 1.165) is 6.42 Å². The first kappa shape index (κ1) is 19.4. The fraction of sp³-hybridized carbons (Fsp3) is 0.429. The molecule has 2 aromatic carbocycles. The van der Waals surface area contributed by atoms with Gasteiger partial charge >= 0.3 is 0 Å². The van der Waals surface area contributed by atoms with E-state index in [1.165, 1.54) is 35.1 Å². The highest BCUT2D eigenvalue weighted by atomic mass is 13.9. The normalized spacial score (nSPS) is 9.05. The predicted molar refractivity (Wildman–Crippen MR) is 97.1 cm³/mol. The molecule has 0 bridgehead atoms. The quantitative estimate of drug-likeness (QED) is 0.578. The van der Waals surface area contributed by atoms with Gasteiger partial charge in [0.1, 0.15) is 0 Å². The Labute approximate surface area is 132 Å². The van der Waals surface area contributed by atoms with Crippen molar-refractivity contribution in [1.82, 2.24) is 0 Å². The standard InChI is InChI=1S/C9H12.C8H10.C4H10/c1-3-9-6-4-8(2)5-7-9;1-7-3-5-8(2)6-4-7;1-3-4-2/h4-7H,3H2,1-2H3;3-6H,1-2H3;3-4H2,1-2H3. The molecule has 0 radical (unpaired) electrons. The molecule has 0 amide bonds. The van der Waals surface area contributed by atoms with E-state index in [2.05, 4.69) is 90.1 Å². The summed E-state index contributed by atoms with van der Waals surface area (Å²) in [5.41, 5.74) is 5.42. The molecule has 21 heavy (non-hydrogen) atoms. The summed E-state index contributed by atoms with van der Waals surface area (Å²) < 4.78 is 0. The van der Waals surface area contributed by atoms with Crippen molar-refractivity contribution in [3.05, 3.63) is 70.8 Å². The van der Waals surface area contributed by atoms with Crippen molar-refractivity contribution in [3.63, 3.8) is 0 Å². The molecule has 0 N–H and O–H groups in total. The van der Waals surface area contributed by atoms with Gasteiger partial charge in [-0.2, -0.15) is 0 Å². The number of aryl methyl sites for hydroxylation is 4. The van der Waals surface area contributed by atoms with Crippen molar-refractivity contribution in [3.8, 4) is 0 Å². The topological polar surface area (TPSA) is 0 Å². The molecule has 0 heteroatoms. The zero-order valence-electron chi connectivity index (χ0n) is 14.7. The minimum Gasteiger partial charge on any atom is -0.0654 e. The molecule has 2 aromatic rings. The molecule has 0 aliphatic heterocycles. The molecular formula is C21H32. The Morgan fingerprint density at radius 1 is 0.524 bits per heavy atom. The lowest BCUT2D eigenvalue weighted by Crippen LogP contribution is -1.77. The molecule has 0 unspecified atom stereocenters. The lowest BCUT2D eigenvalue weighted by molar-refractivity contribution is 0.886. The molecule has 0 saturated heterocycles. The molecule has 0 aromatic heterocycles. The van der Waals surface area contributed by atoms with Crippen LogP contribution in [0, 0.1) is 20.8 Å². The molecule has 0 aliphatic carbocycles. The van der Waals surface area contributed by atoms with E-state index in [4.69, 9.17) is 0 Å². The van der Waals surface area contributed by atoms with Gasteiger partial charge in [0.25, 0.3) is 0 Å². The van der Waals surface area contributed by atoms with Gasteiger partial charge in [-0.3, -0.25) is 0 Å². The van der Waals surface area contributed by atoms with Crippen LogP contribution in [0.1, 0.15) is 55.9 Å². The van der Waals surface area contributed by atoms with Crippen LogP contribution in [0.5, 0.6) is 0 Å². The highest BCUT2D eigenvalue weighted by Gasteiger charge is 1.84. The number of rotatable bonds is 2. The van der Waals surface area contributed by atoms with Gasteiger partial charge in [-0.25, -0.2) is 0 Å². The second-order valence-corrected chi connectivity index (χ2v) is 5.49. The maximum Gasteiger partial charge on any atom is -0.0307 e. The first-order valence-corrected chi connectivity index (χ1v) is 8.12. The van der Waals surface area contributed by atoms with Crippen LogP contribution < -0.4 is 0 Å². The molecule has 0 spiro atoms. The van der Waals surface area contributed by atoms with Crippen LogP contribution in [0.2, 0.25) is 0 Å². The smallest absolute Gasteiger partial charge is 0.0307 e. The molecule has 2 rings (SSSR count). The summed E-state index contributed by atoms with van der Waals surface area (Å²) in [4.78, 5) is 0. The molecule has 0 saturated carbocycles. The second-order valence-electron chi connectivity index (χ2n) is 5.49. The van der Waals surface area contributed by atoms with E-state index in [-0.39, 0.29) is 0 Å². The van der Waals surface area contributed by atoms with Gasteiger partial charge < -0.3 is 0 Å². The van der Waals surface area contributed by atoms with Crippen molar-refractivity contribution in [2.24, 2.45) is 0 Å². The molecule has 116 valence electrons. The SMILES string of the molecule is CCCC.CCc1ccc(C)cc1.Cc1ccc(C)cc1. The van der Waals surface area contributed by atoms with Crippen molar-refractivity contribution in [2.75, 3.05) is 0 Å². The second kappa shape index (κ2) is 12.2. The third-order valence-electron chi connectivity index (χ3n) is 3.25. The Kier molecular flexibility index (Phi) is 11.3. The van der Waals surface area contributed by atoms with Crippen molar-refractivity contribution in [2.45, 2.75) is 60.8 Å². The third-order valence-corrected chi connectivity index (χ3v) is 3.25. The van der Waals surface area contributed by atoms with E-state index in [1.54, 1.807) is 0 Å². The van der Waals surface area contributed by atoms with Crippen LogP contribution >= 0.6 is 0 Å². The summed E-state index contributed by atoms with van der Waals surface area (Å²) in [6.45, 7) is 12.8. The Morgan fingerprint density at radius 2 is 0.810 bits per heavy atom. The minimum atomic E-state index is 1.14. The van der Waals surface area contributed by atoms with Crippen LogP contribution in [0.25, 0.3) is 0 Å². The minimum absolute atomic E-state index is 1.14. The van der Waals surface area contributed by atoms with Gasteiger partial charge in [-0.15, -0.1) is 0 Å². The Bertz CT molecular complexity index is 425. The summed E-state index contributed by atoms with van der Waals surface area (Å²) in [6.07, 6.45) is 3.78. The van der Waals surface area contributed by atoms with Crippen LogP contribution in [0.3, 0.4) is 0 Å². The lowest BCUT2D eigenvalue weighted by Gasteiger charge is -1.94. The zero-order valence-corrected chi connectivity index (χ0v) is 14.7. The first-order valence-electron chi connectivity index (χ1n) is 8.12. The zero-order chi connectivity index (χ0) is 16.1. The summed E-state index contributed by atoms with van der Waals surface area (Å²) in [6, 6.07) is 17.1. The number of hydrogen-bond acceptors (Lipinski definition) is 0. The van der Waals surface area contributed by atoms with E-state index in [1.807, 2.05) is 0 Å². The lowest BCUT2D eigenvalue weighted by atomic mass is 10.1. The maximum atomic E-state index is 2.18. The monoisotopic (exact) mass is 284 g/mol. The number of unbranched alkanes of at least 4 members (excludes halogenated alkanes) is 1. The molecular weight excluding hydrogens is 252 g/mol. The van der Waals surface area contributed by atoms with Crippen LogP contribution in [-0.2, 0) is 6.42 Å². The van der Waals surface area contributed by atoms with Crippen molar-refractivity contribution < 1.29 is 0 Å². The van der Waals surface area contributed by atoms with Gasteiger partial charge in [0.05, 0.1) is 0 Å². The average molecular weight is 284 g/mol. The van der Waals surface area contributed by atoms with E-state index < -0.39 is 0 Å². The van der Waals surface area contributed by atoms with Gasteiger partial charge in [-0.05, 0) is 32.8 Å². The highest BCUT2D eigenvalue weighted by Crippen LogP contribution is 2.02. The Morgan fingerprint density at radius 3 is 1.05 bits per heavy atom. The summed E-state index contributed by atoms with van der Waals surface area (Å²) in [5.74, 6) is 0. The number of benzene rings is 2. The van der Waals surface area contributed by atoms with Gasteiger partial charge in [0.2, 0.25) is 0 Å². The summed E-state index contributed by atoms with van der Waals surface area (Å²) in [5, 5.41) is 0. The molecule has 0 nitrogen and oxygen atoms in total. The molecule has 0 fully saturated rings. The molecule has 0 atom stereocenters. The van der Waals surface area contributed by atoms with Crippen molar-refractivity contribution >= 4 is 0 Å². The highest BCUT2D eigenvalue weighted by molar-refractivity contribution is 5.21. The van der Waals surface area contributed by atoms with Crippen molar-refractivity contribution in [1.29, 1.82) is 0 Å². The largest absolute Gasteiger partial charge is 0.0654 e. The van der Waals surface area contributed by atoms with Gasteiger partial charge in [0, 0.05) is 0 Å².